The number of rotatable bonds is 6. The van der Waals surface area contributed by atoms with Gasteiger partial charge < -0.3 is 10.6 Å². The summed E-state index contributed by atoms with van der Waals surface area (Å²) in [7, 11) is 0. The Morgan fingerprint density at radius 3 is 2.45 bits per heavy atom. The predicted octanol–water partition coefficient (Wildman–Crippen LogP) is 4.54. The Bertz CT molecular complexity index is 584. The highest BCUT2D eigenvalue weighted by molar-refractivity contribution is 7.99. The molecule has 0 saturated heterocycles. The van der Waals surface area contributed by atoms with Crippen LogP contribution in [0.25, 0.3) is 0 Å². The minimum absolute atomic E-state index is 0.154. The normalized spacial score (nSPS) is 11.7. The van der Waals surface area contributed by atoms with Crippen molar-refractivity contribution < 1.29 is 4.79 Å². The zero-order valence-corrected chi connectivity index (χ0v) is 13.8. The van der Waals surface area contributed by atoms with E-state index in [4.69, 9.17) is 0 Å². The minimum atomic E-state index is -0.154. The first-order valence-corrected chi connectivity index (χ1v) is 8.41. The van der Waals surface area contributed by atoms with Gasteiger partial charge in [0, 0.05) is 22.9 Å². The highest BCUT2D eigenvalue weighted by Gasteiger charge is 2.06. The van der Waals surface area contributed by atoms with Crippen LogP contribution in [0.15, 0.2) is 59.5 Å². The molecule has 0 fully saturated rings. The number of anilines is 1. The summed E-state index contributed by atoms with van der Waals surface area (Å²) in [5, 5.41) is 5.73. The molecule has 0 spiro atoms. The van der Waals surface area contributed by atoms with E-state index in [0.717, 1.165) is 11.4 Å². The van der Waals surface area contributed by atoms with E-state index in [1.54, 1.807) is 0 Å². The number of hydrogen-bond donors (Lipinski definition) is 2. The van der Waals surface area contributed by atoms with E-state index in [-0.39, 0.29) is 6.03 Å². The fourth-order valence-electron chi connectivity index (χ4n) is 1.90. The molecule has 4 heteroatoms. The third-order valence-corrected chi connectivity index (χ3v) is 4.54. The lowest BCUT2D eigenvalue weighted by molar-refractivity contribution is 0.251. The van der Waals surface area contributed by atoms with E-state index in [1.165, 1.54) is 10.5 Å². The maximum absolute atomic E-state index is 11.8. The number of hydrogen-bond acceptors (Lipinski definition) is 2. The SMILES string of the molecule is Cc1ccc(SC[C@@H](C)CNC(=O)Nc2ccccc2)cc1. The molecule has 2 N–H and O–H groups in total. The zero-order chi connectivity index (χ0) is 15.8. The Morgan fingerprint density at radius 1 is 1.09 bits per heavy atom. The first-order valence-electron chi connectivity index (χ1n) is 7.43. The van der Waals surface area contributed by atoms with Crippen molar-refractivity contribution in [2.75, 3.05) is 17.6 Å². The Balaban J connectivity index is 1.67. The fraction of sp³-hybridized carbons (Fsp3) is 0.278. The molecule has 1 atom stereocenters. The molecule has 0 radical (unpaired) electrons. The quantitative estimate of drug-likeness (QED) is 0.768. The summed E-state index contributed by atoms with van der Waals surface area (Å²) >= 11 is 1.82. The molecule has 0 heterocycles. The van der Waals surface area contributed by atoms with Crippen LogP contribution < -0.4 is 10.6 Å². The monoisotopic (exact) mass is 314 g/mol. The van der Waals surface area contributed by atoms with E-state index in [1.807, 2.05) is 42.1 Å². The molecule has 0 aliphatic heterocycles. The molecule has 2 aromatic carbocycles. The van der Waals surface area contributed by atoms with E-state index < -0.39 is 0 Å². The highest BCUT2D eigenvalue weighted by atomic mass is 32.2. The summed E-state index contributed by atoms with van der Waals surface area (Å²) < 4.78 is 0. The molecule has 3 nitrogen and oxygen atoms in total. The van der Waals surface area contributed by atoms with Crippen molar-refractivity contribution in [2.45, 2.75) is 18.7 Å². The van der Waals surface area contributed by atoms with Gasteiger partial charge in [-0.2, -0.15) is 0 Å². The molecule has 0 aromatic heterocycles. The van der Waals surface area contributed by atoms with Gasteiger partial charge in [0.25, 0.3) is 0 Å². The van der Waals surface area contributed by atoms with Crippen LogP contribution in [-0.4, -0.2) is 18.3 Å². The maximum atomic E-state index is 11.8. The van der Waals surface area contributed by atoms with E-state index >= 15 is 0 Å². The van der Waals surface area contributed by atoms with Gasteiger partial charge >= 0.3 is 6.03 Å². The second kappa shape index (κ2) is 8.49. The van der Waals surface area contributed by atoms with Crippen LogP contribution in [0.1, 0.15) is 12.5 Å². The van der Waals surface area contributed by atoms with Crippen molar-refractivity contribution in [1.29, 1.82) is 0 Å². The average Bonchev–Trinajstić information content (AvgIpc) is 2.53. The Labute approximate surface area is 136 Å². The van der Waals surface area contributed by atoms with Crippen molar-refractivity contribution in [3.63, 3.8) is 0 Å². The van der Waals surface area contributed by atoms with Crippen LogP contribution in [0, 0.1) is 12.8 Å². The lowest BCUT2D eigenvalue weighted by Crippen LogP contribution is -2.32. The van der Waals surface area contributed by atoms with Crippen molar-refractivity contribution in [3.8, 4) is 0 Å². The highest BCUT2D eigenvalue weighted by Crippen LogP contribution is 2.20. The van der Waals surface area contributed by atoms with Gasteiger partial charge in [-0.15, -0.1) is 11.8 Å². The number of carbonyl (C=O) groups excluding carboxylic acids is 1. The van der Waals surface area contributed by atoms with E-state index in [2.05, 4.69) is 48.7 Å². The summed E-state index contributed by atoms with van der Waals surface area (Å²) in [5.74, 6) is 1.39. The molecule has 0 aliphatic carbocycles. The van der Waals surface area contributed by atoms with Gasteiger partial charge in [-0.05, 0) is 37.1 Å². The van der Waals surface area contributed by atoms with E-state index in [0.29, 0.717) is 12.5 Å². The number of urea groups is 1. The largest absolute Gasteiger partial charge is 0.338 e. The topological polar surface area (TPSA) is 41.1 Å². The standard InChI is InChI=1S/C18H22N2OS/c1-14-8-10-17(11-9-14)22-13-15(2)12-19-18(21)20-16-6-4-3-5-7-16/h3-11,15H,12-13H2,1-2H3,(H2,19,20,21)/t15-/m0/s1. The lowest BCUT2D eigenvalue weighted by Gasteiger charge is -2.13. The van der Waals surface area contributed by atoms with Crippen molar-refractivity contribution in [3.05, 3.63) is 60.2 Å². The molecule has 2 rings (SSSR count). The summed E-state index contributed by atoms with van der Waals surface area (Å²) in [6, 6.07) is 17.8. The summed E-state index contributed by atoms with van der Waals surface area (Å²) in [4.78, 5) is 13.1. The van der Waals surface area contributed by atoms with Gasteiger partial charge in [-0.25, -0.2) is 4.79 Å². The number of thioether (sulfide) groups is 1. The van der Waals surface area contributed by atoms with Gasteiger partial charge in [0.2, 0.25) is 0 Å². The first kappa shape index (κ1) is 16.4. The molecule has 0 unspecified atom stereocenters. The molecule has 2 amide bonds. The molecule has 116 valence electrons. The summed E-state index contributed by atoms with van der Waals surface area (Å²) in [6.07, 6.45) is 0. The number of amides is 2. The molecular formula is C18H22N2OS. The fourth-order valence-corrected chi connectivity index (χ4v) is 2.82. The van der Waals surface area contributed by atoms with Crippen molar-refractivity contribution >= 4 is 23.5 Å². The van der Waals surface area contributed by atoms with Crippen LogP contribution >= 0.6 is 11.8 Å². The second-order valence-electron chi connectivity index (χ2n) is 5.43. The van der Waals surface area contributed by atoms with Crippen LogP contribution in [0.2, 0.25) is 0 Å². The second-order valence-corrected chi connectivity index (χ2v) is 6.52. The van der Waals surface area contributed by atoms with Crippen molar-refractivity contribution in [2.24, 2.45) is 5.92 Å². The average molecular weight is 314 g/mol. The number of carbonyl (C=O) groups is 1. The Kier molecular flexibility index (Phi) is 6.34. The maximum Gasteiger partial charge on any atom is 0.319 e. The van der Waals surface area contributed by atoms with Crippen LogP contribution in [0.3, 0.4) is 0 Å². The zero-order valence-electron chi connectivity index (χ0n) is 13.0. The van der Waals surface area contributed by atoms with Gasteiger partial charge in [0.05, 0.1) is 0 Å². The molecule has 22 heavy (non-hydrogen) atoms. The third kappa shape index (κ3) is 5.82. The number of nitrogens with one attached hydrogen (secondary N) is 2. The smallest absolute Gasteiger partial charge is 0.319 e. The molecule has 2 aromatic rings. The third-order valence-electron chi connectivity index (χ3n) is 3.20. The lowest BCUT2D eigenvalue weighted by atomic mass is 10.2. The summed E-state index contributed by atoms with van der Waals surface area (Å²) in [6.45, 7) is 4.90. The number of para-hydroxylation sites is 1. The molecular weight excluding hydrogens is 292 g/mol. The van der Waals surface area contributed by atoms with Crippen LogP contribution in [0.5, 0.6) is 0 Å². The van der Waals surface area contributed by atoms with Gasteiger partial charge in [-0.3, -0.25) is 0 Å². The van der Waals surface area contributed by atoms with Gasteiger partial charge in [0.1, 0.15) is 0 Å². The van der Waals surface area contributed by atoms with Crippen LogP contribution in [0.4, 0.5) is 10.5 Å². The van der Waals surface area contributed by atoms with E-state index in [9.17, 15) is 4.79 Å². The molecule has 0 bridgehead atoms. The van der Waals surface area contributed by atoms with Crippen molar-refractivity contribution in [1.82, 2.24) is 5.32 Å². The molecule has 0 aliphatic rings. The minimum Gasteiger partial charge on any atom is -0.338 e. The predicted molar refractivity (Wildman–Crippen MR) is 94.5 cm³/mol. The molecule has 0 saturated carbocycles. The first-order chi connectivity index (χ1) is 10.6. The van der Waals surface area contributed by atoms with Gasteiger partial charge in [0.15, 0.2) is 0 Å². The van der Waals surface area contributed by atoms with Crippen LogP contribution in [-0.2, 0) is 0 Å². The Hall–Kier alpha value is -1.94. The number of aryl methyl sites for hydroxylation is 1. The summed E-state index contributed by atoms with van der Waals surface area (Å²) in [5.41, 5.74) is 2.08. The number of benzene rings is 2. The van der Waals surface area contributed by atoms with Gasteiger partial charge in [-0.1, -0.05) is 42.8 Å². The Morgan fingerprint density at radius 2 is 1.77 bits per heavy atom.